The molecular weight excluding hydrogens is 640 g/mol. The fraction of sp³-hybridized carbons (Fsp3) is 0.718. The van der Waals surface area contributed by atoms with Crippen LogP contribution in [0.25, 0.3) is 0 Å². The van der Waals surface area contributed by atoms with Crippen LogP contribution < -0.4 is 0 Å². The summed E-state index contributed by atoms with van der Waals surface area (Å²) in [5.74, 6) is -2.25. The topological polar surface area (TPSA) is 124 Å². The Kier molecular flexibility index (Phi) is 13.0. The lowest BCUT2D eigenvalue weighted by Crippen LogP contribution is -2.59. The molecule has 0 spiro atoms. The van der Waals surface area contributed by atoms with Gasteiger partial charge in [-0.25, -0.2) is 9.59 Å². The fourth-order valence-corrected chi connectivity index (χ4v) is 8.51. The Hall–Kier alpha value is -2.83. The van der Waals surface area contributed by atoms with Gasteiger partial charge in [0.2, 0.25) is 0 Å². The van der Waals surface area contributed by atoms with E-state index in [4.69, 9.17) is 23.7 Å². The number of esters is 1. The highest BCUT2D eigenvalue weighted by Gasteiger charge is 2.60. The monoisotopic (exact) mass is 700 g/mol. The number of benzene rings is 1. The van der Waals surface area contributed by atoms with Crippen LogP contribution in [0.4, 0.5) is 4.79 Å². The maximum absolute atomic E-state index is 14.6. The molecule has 3 aliphatic heterocycles. The minimum atomic E-state index is -1.28. The van der Waals surface area contributed by atoms with E-state index in [1.165, 1.54) is 0 Å². The van der Waals surface area contributed by atoms with Gasteiger partial charge in [-0.2, -0.15) is 0 Å². The van der Waals surface area contributed by atoms with Crippen LogP contribution in [0.5, 0.6) is 0 Å². The Balaban J connectivity index is 1.76. The molecule has 11 heteroatoms. The van der Waals surface area contributed by atoms with Crippen molar-refractivity contribution in [3.8, 4) is 0 Å². The lowest BCUT2D eigenvalue weighted by molar-refractivity contribution is -0.294. The summed E-state index contributed by atoms with van der Waals surface area (Å²) in [6.45, 7) is 15.2. The van der Waals surface area contributed by atoms with E-state index in [1.54, 1.807) is 31.9 Å². The summed E-state index contributed by atoms with van der Waals surface area (Å²) in [5.41, 5.74) is -0.934. The number of rotatable bonds is 8. The smallest absolute Gasteiger partial charge is 0.410 e. The molecule has 2 fully saturated rings. The molecular formula is C39H60N2O9. The average molecular weight is 701 g/mol. The molecule has 3 heterocycles. The van der Waals surface area contributed by atoms with E-state index in [2.05, 4.69) is 0 Å². The maximum atomic E-state index is 14.6. The first-order valence-corrected chi connectivity index (χ1v) is 18.1. The number of hydrogen-bond donors (Lipinski definition) is 1. The largest absolute Gasteiger partial charge is 0.455 e. The van der Waals surface area contributed by atoms with Gasteiger partial charge in [0.15, 0.2) is 11.9 Å². The second-order valence-electron chi connectivity index (χ2n) is 15.4. The van der Waals surface area contributed by atoms with Gasteiger partial charge in [0.25, 0.3) is 0 Å². The van der Waals surface area contributed by atoms with Crippen molar-refractivity contribution >= 4 is 17.8 Å². The number of hydrogen-bond acceptors (Lipinski definition) is 10. The van der Waals surface area contributed by atoms with Crippen molar-refractivity contribution in [2.24, 2.45) is 17.8 Å². The number of fused-ring (bicyclic) bond motifs is 1. The van der Waals surface area contributed by atoms with Crippen LogP contribution >= 0.6 is 0 Å². The number of ether oxygens (including phenoxy) is 5. The standard InChI is InChI=1S/C39H60N2O9/c1-12-30-39(8)33(41(37(45)50-39)19-18-28-16-14-13-15-17-28)27(6)31(42)25(4)22-38(7,46-11)34(23(2)20-24(3)35(44)48-30)49-36-32(43)29(40(9)10)21-26(5)47-36/h13-17,20,23,25-27,29-30,32-34,36,43H,12,18-19,21-22H2,1-11H3/b24-20+/t23-,25+,26+,27-,29-,30+,32+,33+,34+,36-,38+,39+/m0/s1. The fourth-order valence-electron chi connectivity index (χ4n) is 8.51. The molecule has 1 aromatic carbocycles. The van der Waals surface area contributed by atoms with Crippen LogP contribution in [0, 0.1) is 17.8 Å². The SMILES string of the molecule is CC[C@H]1OC(=O)/C(C)=C/[C@H](C)[C@@H](O[C@@H]2O[C@H](C)C[C@H](N(C)C)[C@H]2O)[C@](C)(OC)C[C@@H](C)C(=O)[C@H](C)[C@H]2N(CCc3ccccc3)C(=O)O[C@]12C. The first-order chi connectivity index (χ1) is 23.5. The molecule has 11 nitrogen and oxygen atoms in total. The number of aliphatic hydroxyl groups is 1. The molecule has 12 atom stereocenters. The zero-order valence-corrected chi connectivity index (χ0v) is 31.9. The quantitative estimate of drug-likeness (QED) is 0.363. The van der Waals surface area contributed by atoms with Gasteiger partial charge in [0.1, 0.15) is 18.0 Å². The van der Waals surface area contributed by atoms with E-state index < -0.39 is 71.7 Å². The third kappa shape index (κ3) is 8.28. The highest BCUT2D eigenvalue weighted by Crippen LogP contribution is 2.43. The normalized spacial score (nSPS) is 40.1. The summed E-state index contributed by atoms with van der Waals surface area (Å²) in [6.07, 6.45) is -0.541. The molecule has 0 radical (unpaired) electrons. The first-order valence-electron chi connectivity index (χ1n) is 18.1. The molecule has 0 bridgehead atoms. The third-order valence-electron chi connectivity index (χ3n) is 11.3. The van der Waals surface area contributed by atoms with Gasteiger partial charge in [-0.3, -0.25) is 9.69 Å². The molecule has 4 rings (SSSR count). The van der Waals surface area contributed by atoms with Crippen LogP contribution in [-0.4, -0.2) is 114 Å². The second-order valence-corrected chi connectivity index (χ2v) is 15.4. The molecule has 2 saturated heterocycles. The van der Waals surface area contributed by atoms with Crippen molar-refractivity contribution in [2.75, 3.05) is 27.7 Å². The van der Waals surface area contributed by atoms with Crippen molar-refractivity contribution in [3.05, 3.63) is 47.5 Å². The van der Waals surface area contributed by atoms with Crippen molar-refractivity contribution in [1.82, 2.24) is 9.80 Å². The summed E-state index contributed by atoms with van der Waals surface area (Å²) in [6, 6.07) is 8.95. The van der Waals surface area contributed by atoms with Crippen LogP contribution in [0.2, 0.25) is 0 Å². The number of cyclic esters (lactones) is 1. The molecule has 0 aromatic heterocycles. The molecule has 50 heavy (non-hydrogen) atoms. The van der Waals surface area contributed by atoms with E-state index in [-0.39, 0.29) is 24.3 Å². The molecule has 3 aliphatic rings. The number of Topliss-reactive ketones (excluding diaryl/α,β-unsaturated/α-hetero) is 1. The van der Waals surface area contributed by atoms with Crippen LogP contribution in [-0.2, 0) is 39.7 Å². The predicted molar refractivity (Wildman–Crippen MR) is 189 cm³/mol. The van der Waals surface area contributed by atoms with Crippen molar-refractivity contribution in [3.63, 3.8) is 0 Å². The number of methoxy groups -OCH3 is 1. The maximum Gasteiger partial charge on any atom is 0.410 e. The van der Waals surface area contributed by atoms with Crippen molar-refractivity contribution < 1.29 is 43.2 Å². The number of nitrogens with zero attached hydrogens (tertiary/aromatic N) is 2. The Morgan fingerprint density at radius 3 is 2.32 bits per heavy atom. The number of carbonyl (C=O) groups excluding carboxylic acids is 3. The molecule has 1 aromatic rings. The Morgan fingerprint density at radius 2 is 1.72 bits per heavy atom. The molecule has 0 saturated carbocycles. The van der Waals surface area contributed by atoms with E-state index in [1.807, 2.05) is 90.9 Å². The number of likely N-dealkylation sites (N-methyl/N-ethyl adjacent to an activating group) is 1. The predicted octanol–water partition coefficient (Wildman–Crippen LogP) is 5.17. The minimum Gasteiger partial charge on any atom is -0.455 e. The average Bonchev–Trinajstić information content (AvgIpc) is 3.34. The van der Waals surface area contributed by atoms with E-state index in [0.29, 0.717) is 31.4 Å². The Labute approximate surface area is 298 Å². The van der Waals surface area contributed by atoms with Gasteiger partial charge in [0.05, 0.1) is 23.9 Å². The minimum absolute atomic E-state index is 0.0703. The zero-order valence-electron chi connectivity index (χ0n) is 31.9. The zero-order chi connectivity index (χ0) is 37.1. The van der Waals surface area contributed by atoms with E-state index in [9.17, 15) is 19.5 Å². The summed E-state index contributed by atoms with van der Waals surface area (Å²) in [7, 11) is 5.41. The van der Waals surface area contributed by atoms with E-state index >= 15 is 0 Å². The summed E-state index contributed by atoms with van der Waals surface area (Å²) in [5, 5.41) is 11.4. The molecule has 0 unspecified atom stereocenters. The molecule has 1 amide bonds. The number of amides is 1. The van der Waals surface area contributed by atoms with Crippen LogP contribution in [0.1, 0.15) is 80.2 Å². The van der Waals surface area contributed by atoms with Gasteiger partial charge in [-0.15, -0.1) is 0 Å². The summed E-state index contributed by atoms with van der Waals surface area (Å²) in [4.78, 5) is 45.6. The lowest BCUT2D eigenvalue weighted by Gasteiger charge is -2.47. The first kappa shape index (κ1) is 39.9. The number of carbonyl (C=O) groups is 3. The number of ketones is 1. The number of aliphatic hydroxyl groups excluding tert-OH is 1. The van der Waals surface area contributed by atoms with Crippen molar-refractivity contribution in [1.29, 1.82) is 0 Å². The molecule has 1 N–H and O–H groups in total. The second kappa shape index (κ2) is 16.2. The van der Waals surface area contributed by atoms with Gasteiger partial charge in [-0.1, -0.05) is 64.1 Å². The van der Waals surface area contributed by atoms with Crippen LogP contribution in [0.15, 0.2) is 42.0 Å². The Bertz CT molecular complexity index is 1370. The summed E-state index contributed by atoms with van der Waals surface area (Å²) < 4.78 is 31.4. The van der Waals surface area contributed by atoms with Crippen molar-refractivity contribution in [2.45, 2.75) is 135 Å². The summed E-state index contributed by atoms with van der Waals surface area (Å²) >= 11 is 0. The van der Waals surface area contributed by atoms with Crippen LogP contribution in [0.3, 0.4) is 0 Å². The lowest BCUT2D eigenvalue weighted by atomic mass is 9.74. The molecule has 280 valence electrons. The van der Waals surface area contributed by atoms with E-state index in [0.717, 1.165) is 5.56 Å². The third-order valence-corrected chi connectivity index (χ3v) is 11.3. The highest BCUT2D eigenvalue weighted by atomic mass is 16.7. The van der Waals surface area contributed by atoms with Gasteiger partial charge >= 0.3 is 12.1 Å². The Morgan fingerprint density at radius 1 is 1.06 bits per heavy atom. The van der Waals surface area contributed by atoms with Gasteiger partial charge < -0.3 is 33.7 Å². The van der Waals surface area contributed by atoms with Gasteiger partial charge in [0, 0.05) is 43.0 Å². The molecule has 0 aliphatic carbocycles. The highest BCUT2D eigenvalue weighted by molar-refractivity contribution is 5.88. The van der Waals surface area contributed by atoms with Gasteiger partial charge in [-0.05, 0) is 73.0 Å².